The molecule has 1 heterocycles. The number of nitrogens with zero attached hydrogens (tertiary/aromatic N) is 1. The molecule has 0 saturated carbocycles. The van der Waals surface area contributed by atoms with Crippen LogP contribution in [-0.4, -0.2) is 27.2 Å². The Labute approximate surface area is 115 Å². The van der Waals surface area contributed by atoms with E-state index >= 15 is 0 Å². The normalized spacial score (nSPS) is 16.4. The smallest absolute Gasteiger partial charge is 0.268 e. The summed E-state index contributed by atoms with van der Waals surface area (Å²) >= 11 is 6.95. The van der Waals surface area contributed by atoms with Crippen molar-refractivity contribution in [3.8, 4) is 0 Å². The maximum atomic E-state index is 12.0. The van der Waals surface area contributed by atoms with Crippen molar-refractivity contribution in [1.29, 1.82) is 0 Å². The zero-order chi connectivity index (χ0) is 13.1. The zero-order valence-corrected chi connectivity index (χ0v) is 11.4. The molecule has 0 N–H and O–H groups in total. The molecule has 1 aromatic carbocycles. The van der Waals surface area contributed by atoms with Crippen LogP contribution in [0.5, 0.6) is 0 Å². The van der Waals surface area contributed by atoms with Gasteiger partial charge < -0.3 is 0 Å². The van der Waals surface area contributed by atoms with Gasteiger partial charge in [0.1, 0.15) is 0 Å². The van der Waals surface area contributed by atoms with Crippen LogP contribution in [0.25, 0.3) is 0 Å². The molecular formula is C13H12ClNO2S. The van der Waals surface area contributed by atoms with Crippen LogP contribution in [-0.2, 0) is 0 Å². The molecule has 2 rings (SSSR count). The molecule has 1 atom stereocenters. The number of fused-ring (bicyclic) bond motifs is 1. The molecule has 3 nitrogen and oxygen atoms in total. The third-order valence-electron chi connectivity index (χ3n) is 2.46. The van der Waals surface area contributed by atoms with Gasteiger partial charge in [-0.05, 0) is 31.0 Å². The molecule has 0 aromatic heterocycles. The zero-order valence-electron chi connectivity index (χ0n) is 9.80. The topological polar surface area (TPSA) is 37.4 Å². The van der Waals surface area contributed by atoms with Gasteiger partial charge in [-0.1, -0.05) is 24.3 Å². The summed E-state index contributed by atoms with van der Waals surface area (Å²) in [5, 5.41) is -0.0484. The molecule has 1 aliphatic rings. The van der Waals surface area contributed by atoms with Crippen LogP contribution in [0, 0.1) is 0 Å². The maximum Gasteiger partial charge on any atom is 0.271 e. The molecule has 5 heteroatoms. The minimum Gasteiger partial charge on any atom is -0.268 e. The number of carbonyl (C=O) groups excluding carboxylic acids is 2. The van der Waals surface area contributed by atoms with E-state index in [0.717, 1.165) is 0 Å². The van der Waals surface area contributed by atoms with Gasteiger partial charge in [0, 0.05) is 11.1 Å². The van der Waals surface area contributed by atoms with Crippen molar-refractivity contribution in [2.45, 2.75) is 12.3 Å². The average Bonchev–Trinajstić information content (AvgIpc) is 2.59. The SMILES string of the molecule is CC(Cl)/C=C/CSN1C(=O)c2ccccc2C1=O. The molecule has 0 fully saturated rings. The molecular weight excluding hydrogens is 270 g/mol. The number of amides is 2. The Hall–Kier alpha value is -1.26. The Morgan fingerprint density at radius 3 is 2.33 bits per heavy atom. The van der Waals surface area contributed by atoms with Crippen LogP contribution in [0.4, 0.5) is 0 Å². The van der Waals surface area contributed by atoms with Crippen molar-refractivity contribution in [3.63, 3.8) is 0 Å². The van der Waals surface area contributed by atoms with Gasteiger partial charge in [0.2, 0.25) is 0 Å². The number of hydrogen-bond acceptors (Lipinski definition) is 3. The number of rotatable bonds is 4. The number of halogens is 1. The molecule has 1 aliphatic heterocycles. The van der Waals surface area contributed by atoms with Crippen LogP contribution in [0.3, 0.4) is 0 Å². The van der Waals surface area contributed by atoms with E-state index in [0.29, 0.717) is 16.9 Å². The predicted molar refractivity (Wildman–Crippen MR) is 73.9 cm³/mol. The molecule has 1 unspecified atom stereocenters. The quantitative estimate of drug-likeness (QED) is 0.368. The summed E-state index contributed by atoms with van der Waals surface area (Å²) in [6, 6.07) is 6.86. The van der Waals surface area contributed by atoms with E-state index in [1.54, 1.807) is 24.3 Å². The maximum absolute atomic E-state index is 12.0. The molecule has 0 saturated heterocycles. The molecule has 0 aliphatic carbocycles. The lowest BCUT2D eigenvalue weighted by Crippen LogP contribution is -2.22. The number of imide groups is 1. The highest BCUT2D eigenvalue weighted by Crippen LogP contribution is 2.28. The molecule has 2 amide bonds. The number of hydrogen-bond donors (Lipinski definition) is 0. The van der Waals surface area contributed by atoms with E-state index in [9.17, 15) is 9.59 Å². The Balaban J connectivity index is 2.05. The Morgan fingerprint density at radius 1 is 1.28 bits per heavy atom. The first-order valence-electron chi connectivity index (χ1n) is 5.52. The lowest BCUT2D eigenvalue weighted by molar-refractivity contribution is 0.0777. The standard InChI is InChI=1S/C13H12ClNO2S/c1-9(14)5-4-8-18-15-12(16)10-6-2-3-7-11(10)13(15)17/h2-7,9H,8H2,1H3/b5-4+. The molecule has 0 radical (unpaired) electrons. The van der Waals surface area contributed by atoms with Crippen LogP contribution in [0.1, 0.15) is 27.6 Å². The Kier molecular flexibility index (Phi) is 4.09. The first-order valence-corrected chi connectivity index (χ1v) is 6.90. The van der Waals surface area contributed by atoms with Gasteiger partial charge in [0.15, 0.2) is 0 Å². The van der Waals surface area contributed by atoms with E-state index in [2.05, 4.69) is 0 Å². The molecule has 1 aromatic rings. The van der Waals surface area contributed by atoms with Crippen LogP contribution in [0.15, 0.2) is 36.4 Å². The fourth-order valence-electron chi connectivity index (χ4n) is 1.65. The van der Waals surface area contributed by atoms with Crippen molar-refractivity contribution in [3.05, 3.63) is 47.5 Å². The van der Waals surface area contributed by atoms with Crippen LogP contribution in [0.2, 0.25) is 0 Å². The Morgan fingerprint density at radius 2 is 1.83 bits per heavy atom. The van der Waals surface area contributed by atoms with Gasteiger partial charge >= 0.3 is 0 Å². The van der Waals surface area contributed by atoms with E-state index in [-0.39, 0.29) is 17.2 Å². The highest BCUT2D eigenvalue weighted by atomic mass is 35.5. The van der Waals surface area contributed by atoms with Crippen molar-refractivity contribution in [2.75, 3.05) is 5.75 Å². The van der Waals surface area contributed by atoms with Gasteiger partial charge in [-0.3, -0.25) is 9.59 Å². The number of alkyl halides is 1. The first kappa shape index (κ1) is 13.2. The highest BCUT2D eigenvalue weighted by molar-refractivity contribution is 7.98. The average molecular weight is 282 g/mol. The summed E-state index contributed by atoms with van der Waals surface area (Å²) < 4.78 is 1.20. The van der Waals surface area contributed by atoms with E-state index < -0.39 is 0 Å². The lowest BCUT2D eigenvalue weighted by atomic mass is 10.1. The van der Waals surface area contributed by atoms with Gasteiger partial charge in [0.05, 0.1) is 11.1 Å². The number of allylic oxidation sites excluding steroid dienone is 1. The van der Waals surface area contributed by atoms with Gasteiger partial charge in [-0.2, -0.15) is 0 Å². The molecule has 0 spiro atoms. The van der Waals surface area contributed by atoms with Crippen LogP contribution >= 0.6 is 23.5 Å². The van der Waals surface area contributed by atoms with Crippen molar-refractivity contribution >= 4 is 35.4 Å². The second-order valence-electron chi connectivity index (χ2n) is 3.85. The summed E-state index contributed by atoms with van der Waals surface area (Å²) in [4.78, 5) is 23.9. The summed E-state index contributed by atoms with van der Waals surface area (Å²) in [5.74, 6) is 0.0588. The van der Waals surface area contributed by atoms with Gasteiger partial charge in [-0.25, -0.2) is 4.31 Å². The van der Waals surface area contributed by atoms with Gasteiger partial charge in [-0.15, -0.1) is 11.6 Å². The van der Waals surface area contributed by atoms with E-state index in [1.165, 1.54) is 16.3 Å². The van der Waals surface area contributed by atoms with E-state index in [4.69, 9.17) is 11.6 Å². The predicted octanol–water partition coefficient (Wildman–Crippen LogP) is 3.11. The fraction of sp³-hybridized carbons (Fsp3) is 0.231. The van der Waals surface area contributed by atoms with E-state index in [1.807, 2.05) is 19.1 Å². The van der Waals surface area contributed by atoms with Crippen molar-refractivity contribution in [2.24, 2.45) is 0 Å². The summed E-state index contributed by atoms with van der Waals surface area (Å²) in [5.41, 5.74) is 0.953. The second-order valence-corrected chi connectivity index (χ2v) is 5.50. The monoisotopic (exact) mass is 281 g/mol. The third kappa shape index (κ3) is 2.60. The first-order chi connectivity index (χ1) is 8.61. The largest absolute Gasteiger partial charge is 0.271 e. The summed E-state index contributed by atoms with van der Waals surface area (Å²) in [6.45, 7) is 1.85. The number of carbonyl (C=O) groups is 2. The van der Waals surface area contributed by atoms with Gasteiger partial charge in [0.25, 0.3) is 11.8 Å². The minimum atomic E-state index is -0.243. The summed E-state index contributed by atoms with van der Waals surface area (Å²) in [6.07, 6.45) is 3.68. The second kappa shape index (κ2) is 5.59. The Bertz CT molecular complexity index is 478. The van der Waals surface area contributed by atoms with Crippen molar-refractivity contribution < 1.29 is 9.59 Å². The number of benzene rings is 1. The van der Waals surface area contributed by atoms with Crippen LogP contribution < -0.4 is 0 Å². The molecule has 18 heavy (non-hydrogen) atoms. The highest BCUT2D eigenvalue weighted by Gasteiger charge is 2.35. The summed E-state index contributed by atoms with van der Waals surface area (Å²) in [7, 11) is 0. The molecule has 0 bridgehead atoms. The lowest BCUT2D eigenvalue weighted by Gasteiger charge is -2.10. The fourth-order valence-corrected chi connectivity index (χ4v) is 2.53. The minimum absolute atomic E-state index is 0.0484. The van der Waals surface area contributed by atoms with Crippen molar-refractivity contribution in [1.82, 2.24) is 4.31 Å². The molecule has 94 valence electrons. The third-order valence-corrected chi connectivity index (χ3v) is 3.53.